The van der Waals surface area contributed by atoms with Crippen LogP contribution in [0.25, 0.3) is 11.5 Å². The Balaban J connectivity index is 2.08. The maximum atomic E-state index is 12.3. The predicted octanol–water partition coefficient (Wildman–Crippen LogP) is 1.26. The molecule has 2 heterocycles. The van der Waals surface area contributed by atoms with E-state index in [0.29, 0.717) is 23.6 Å². The van der Waals surface area contributed by atoms with Crippen LogP contribution in [0.2, 0.25) is 0 Å². The number of hydrogen-bond donors (Lipinski definition) is 3. The quantitative estimate of drug-likeness (QED) is 0.700. The van der Waals surface area contributed by atoms with Crippen molar-refractivity contribution in [2.24, 2.45) is 0 Å². The van der Waals surface area contributed by atoms with Crippen molar-refractivity contribution in [1.82, 2.24) is 21.2 Å². The SMILES string of the molecule is CCC(C)(O)CC(=O)NNC(=O)c1c(C)noc1-c1cc(C)on1. The van der Waals surface area contributed by atoms with Crippen molar-refractivity contribution in [1.29, 1.82) is 0 Å². The summed E-state index contributed by atoms with van der Waals surface area (Å²) >= 11 is 0. The third kappa shape index (κ3) is 3.99. The minimum Gasteiger partial charge on any atom is -0.390 e. The van der Waals surface area contributed by atoms with E-state index in [0.717, 1.165) is 0 Å². The van der Waals surface area contributed by atoms with Crippen LogP contribution >= 0.6 is 0 Å². The van der Waals surface area contributed by atoms with Gasteiger partial charge in [0.2, 0.25) is 11.7 Å². The molecule has 0 saturated carbocycles. The average molecular weight is 336 g/mol. The maximum Gasteiger partial charge on any atom is 0.275 e. The molecule has 9 heteroatoms. The second-order valence-corrected chi connectivity index (χ2v) is 5.82. The van der Waals surface area contributed by atoms with Crippen molar-refractivity contribution >= 4 is 11.8 Å². The molecule has 130 valence electrons. The number of hydrogen-bond acceptors (Lipinski definition) is 7. The Morgan fingerprint density at radius 3 is 2.54 bits per heavy atom. The number of carbonyl (C=O) groups excluding carboxylic acids is 2. The third-order valence-electron chi connectivity index (χ3n) is 3.57. The van der Waals surface area contributed by atoms with Crippen molar-refractivity contribution in [3.8, 4) is 11.5 Å². The molecule has 2 rings (SSSR count). The van der Waals surface area contributed by atoms with Crippen molar-refractivity contribution in [3.63, 3.8) is 0 Å². The van der Waals surface area contributed by atoms with Gasteiger partial charge in [0.1, 0.15) is 11.3 Å². The number of amides is 2. The Kier molecular flexibility index (Phi) is 5.03. The highest BCUT2D eigenvalue weighted by Gasteiger charge is 2.26. The lowest BCUT2D eigenvalue weighted by atomic mass is 9.99. The summed E-state index contributed by atoms with van der Waals surface area (Å²) in [6.45, 7) is 6.61. The molecular formula is C15H20N4O5. The fourth-order valence-corrected chi connectivity index (χ4v) is 1.99. The van der Waals surface area contributed by atoms with Crippen LogP contribution in [0.3, 0.4) is 0 Å². The van der Waals surface area contributed by atoms with Gasteiger partial charge >= 0.3 is 0 Å². The van der Waals surface area contributed by atoms with Crippen molar-refractivity contribution in [2.75, 3.05) is 0 Å². The molecule has 2 amide bonds. The van der Waals surface area contributed by atoms with Gasteiger partial charge < -0.3 is 14.2 Å². The molecule has 0 saturated heterocycles. The Hall–Kier alpha value is -2.68. The fraction of sp³-hybridized carbons (Fsp3) is 0.467. The van der Waals surface area contributed by atoms with Gasteiger partial charge in [0.15, 0.2) is 5.69 Å². The Morgan fingerprint density at radius 1 is 1.25 bits per heavy atom. The van der Waals surface area contributed by atoms with E-state index in [1.165, 1.54) is 0 Å². The van der Waals surface area contributed by atoms with Crippen molar-refractivity contribution < 1.29 is 23.7 Å². The number of hydrazine groups is 1. The van der Waals surface area contributed by atoms with Gasteiger partial charge in [0.05, 0.1) is 17.7 Å². The molecule has 24 heavy (non-hydrogen) atoms. The summed E-state index contributed by atoms with van der Waals surface area (Å²) in [5.41, 5.74) is 4.23. The summed E-state index contributed by atoms with van der Waals surface area (Å²) in [4.78, 5) is 24.1. The van der Waals surface area contributed by atoms with E-state index in [4.69, 9.17) is 9.05 Å². The van der Waals surface area contributed by atoms with Crippen LogP contribution in [-0.4, -0.2) is 32.8 Å². The largest absolute Gasteiger partial charge is 0.390 e. The van der Waals surface area contributed by atoms with E-state index in [1.54, 1.807) is 33.8 Å². The van der Waals surface area contributed by atoms with Gasteiger partial charge in [-0.2, -0.15) is 0 Å². The smallest absolute Gasteiger partial charge is 0.275 e. The van der Waals surface area contributed by atoms with Crippen molar-refractivity contribution in [2.45, 2.75) is 46.1 Å². The molecule has 2 aromatic heterocycles. The van der Waals surface area contributed by atoms with Gasteiger partial charge in [-0.15, -0.1) is 0 Å². The minimum absolute atomic E-state index is 0.137. The van der Waals surface area contributed by atoms with Gasteiger partial charge in [-0.05, 0) is 27.2 Å². The fourth-order valence-electron chi connectivity index (χ4n) is 1.99. The number of aromatic nitrogens is 2. The summed E-state index contributed by atoms with van der Waals surface area (Å²) in [6, 6.07) is 1.60. The second kappa shape index (κ2) is 6.83. The zero-order valence-corrected chi connectivity index (χ0v) is 14.0. The molecule has 1 unspecified atom stereocenters. The average Bonchev–Trinajstić information content (AvgIpc) is 3.10. The molecule has 3 N–H and O–H groups in total. The van der Waals surface area contributed by atoms with Gasteiger partial charge in [0.25, 0.3) is 5.91 Å². The lowest BCUT2D eigenvalue weighted by Crippen LogP contribution is -2.44. The molecule has 0 aliphatic rings. The highest BCUT2D eigenvalue weighted by molar-refractivity contribution is 6.00. The number of carbonyl (C=O) groups is 2. The van der Waals surface area contributed by atoms with E-state index in [9.17, 15) is 14.7 Å². The first-order chi connectivity index (χ1) is 11.2. The van der Waals surface area contributed by atoms with Crippen LogP contribution < -0.4 is 10.9 Å². The topological polar surface area (TPSA) is 130 Å². The monoisotopic (exact) mass is 336 g/mol. The maximum absolute atomic E-state index is 12.3. The first-order valence-corrected chi connectivity index (χ1v) is 7.45. The number of aliphatic hydroxyl groups is 1. The van der Waals surface area contributed by atoms with Gasteiger partial charge in [-0.25, -0.2) is 0 Å². The highest BCUT2D eigenvalue weighted by Crippen LogP contribution is 2.25. The first-order valence-electron chi connectivity index (χ1n) is 7.45. The summed E-state index contributed by atoms with van der Waals surface area (Å²) in [7, 11) is 0. The summed E-state index contributed by atoms with van der Waals surface area (Å²) in [5.74, 6) is -0.408. The lowest BCUT2D eigenvalue weighted by Gasteiger charge is -2.20. The summed E-state index contributed by atoms with van der Waals surface area (Å²) in [5, 5.41) is 17.4. The standard InChI is InChI=1S/C15H20N4O5/c1-5-15(4,22)7-11(20)16-17-14(21)12-9(3)18-24-13(12)10-6-8(2)23-19-10/h6,22H,5,7H2,1-4H3,(H,16,20)(H,17,21). The molecule has 0 fully saturated rings. The summed E-state index contributed by atoms with van der Waals surface area (Å²) < 4.78 is 10.1. The van der Waals surface area contributed by atoms with Crippen molar-refractivity contribution in [3.05, 3.63) is 23.1 Å². The molecule has 1 atom stereocenters. The molecule has 0 aliphatic heterocycles. The predicted molar refractivity (Wildman–Crippen MR) is 82.6 cm³/mol. The van der Waals surface area contributed by atoms with E-state index >= 15 is 0 Å². The summed E-state index contributed by atoms with van der Waals surface area (Å²) in [6.07, 6.45) is 0.274. The van der Waals surface area contributed by atoms with E-state index in [2.05, 4.69) is 21.2 Å². The minimum atomic E-state index is -1.13. The molecule has 0 spiro atoms. The van der Waals surface area contributed by atoms with Crippen LogP contribution in [0.1, 0.15) is 48.5 Å². The Bertz CT molecular complexity index is 747. The van der Waals surface area contributed by atoms with E-state index < -0.39 is 17.4 Å². The van der Waals surface area contributed by atoms with Gasteiger partial charge in [-0.1, -0.05) is 17.2 Å². The van der Waals surface area contributed by atoms with Gasteiger partial charge in [0, 0.05) is 6.07 Å². The zero-order chi connectivity index (χ0) is 17.9. The molecule has 0 bridgehead atoms. The number of nitrogens with zero attached hydrogens (tertiary/aromatic N) is 2. The number of aryl methyl sites for hydroxylation is 2. The molecule has 0 aliphatic carbocycles. The Labute approximate surface area is 138 Å². The molecule has 0 radical (unpaired) electrons. The highest BCUT2D eigenvalue weighted by atomic mass is 16.5. The number of nitrogens with one attached hydrogen (secondary N) is 2. The van der Waals surface area contributed by atoms with E-state index in [-0.39, 0.29) is 17.7 Å². The lowest BCUT2D eigenvalue weighted by molar-refractivity contribution is -0.126. The van der Waals surface area contributed by atoms with Crippen LogP contribution in [0.4, 0.5) is 0 Å². The first kappa shape index (κ1) is 17.7. The third-order valence-corrected chi connectivity index (χ3v) is 3.57. The van der Waals surface area contributed by atoms with Crippen LogP contribution in [0, 0.1) is 13.8 Å². The molecule has 2 aromatic rings. The molecular weight excluding hydrogens is 316 g/mol. The van der Waals surface area contributed by atoms with Crippen LogP contribution in [0.15, 0.2) is 15.1 Å². The second-order valence-electron chi connectivity index (χ2n) is 5.82. The Morgan fingerprint density at radius 2 is 1.96 bits per heavy atom. The molecule has 0 aromatic carbocycles. The zero-order valence-electron chi connectivity index (χ0n) is 14.0. The van der Waals surface area contributed by atoms with Crippen LogP contribution in [-0.2, 0) is 4.79 Å². The van der Waals surface area contributed by atoms with Gasteiger partial charge in [-0.3, -0.25) is 20.4 Å². The van der Waals surface area contributed by atoms with Crippen LogP contribution in [0.5, 0.6) is 0 Å². The molecule has 9 nitrogen and oxygen atoms in total. The normalized spacial score (nSPS) is 13.4. The number of rotatable bonds is 5. The van der Waals surface area contributed by atoms with E-state index in [1.807, 2.05) is 0 Å².